The molecule has 3 aromatic heterocycles. The smallest absolute Gasteiger partial charge is 0.433 e. The number of hydrogen-bond donors (Lipinski definition) is 2. The minimum atomic E-state index is -4.69. The number of aromatic nitrogens is 1. The summed E-state index contributed by atoms with van der Waals surface area (Å²) in [6.45, 7) is 1.27. The molecule has 0 aliphatic rings. The monoisotopic (exact) mass is 527 g/mol. The van der Waals surface area contributed by atoms with Gasteiger partial charge in [0.05, 0.1) is 10.7 Å². The second kappa shape index (κ2) is 9.19. The number of benzene rings is 1. The van der Waals surface area contributed by atoms with Crippen molar-refractivity contribution in [1.82, 2.24) is 4.98 Å². The van der Waals surface area contributed by atoms with Gasteiger partial charge in [0, 0.05) is 5.39 Å². The predicted octanol–water partition coefficient (Wildman–Crippen LogP) is 5.94. The van der Waals surface area contributed by atoms with E-state index in [1.165, 1.54) is 25.1 Å². The molecule has 182 valence electrons. The first-order valence-corrected chi connectivity index (χ1v) is 10.9. The van der Waals surface area contributed by atoms with Crippen molar-refractivity contribution in [2.24, 2.45) is 5.73 Å². The molecular formula is C22H14ClF4N3O4S. The lowest BCUT2D eigenvalue weighted by Gasteiger charge is -2.09. The van der Waals surface area contributed by atoms with Crippen molar-refractivity contribution in [3.8, 4) is 5.75 Å². The van der Waals surface area contributed by atoms with Crippen LogP contribution in [0.5, 0.6) is 5.75 Å². The Morgan fingerprint density at radius 2 is 1.97 bits per heavy atom. The number of thiophene rings is 1. The lowest BCUT2D eigenvalue weighted by molar-refractivity contribution is -0.141. The maximum Gasteiger partial charge on any atom is 0.433 e. The van der Waals surface area contributed by atoms with Crippen molar-refractivity contribution in [2.45, 2.75) is 19.7 Å². The number of nitrogens with zero attached hydrogens (tertiary/aromatic N) is 1. The van der Waals surface area contributed by atoms with E-state index in [-0.39, 0.29) is 55.2 Å². The molecule has 13 heteroatoms. The molecule has 1 aromatic carbocycles. The van der Waals surface area contributed by atoms with E-state index in [1.54, 1.807) is 0 Å². The van der Waals surface area contributed by atoms with Crippen LogP contribution in [0.4, 0.5) is 23.2 Å². The van der Waals surface area contributed by atoms with Crippen LogP contribution in [0.2, 0.25) is 5.02 Å². The zero-order valence-corrected chi connectivity index (χ0v) is 19.2. The van der Waals surface area contributed by atoms with Crippen LogP contribution in [0.1, 0.15) is 37.2 Å². The normalized spacial score (nSPS) is 11.6. The number of furan rings is 1. The molecule has 0 aliphatic carbocycles. The first-order valence-electron chi connectivity index (χ1n) is 9.73. The van der Waals surface area contributed by atoms with Crippen LogP contribution in [0.25, 0.3) is 10.2 Å². The van der Waals surface area contributed by atoms with Crippen LogP contribution in [0.3, 0.4) is 0 Å². The lowest BCUT2D eigenvalue weighted by atomic mass is 10.1. The third-order valence-corrected chi connectivity index (χ3v) is 6.15. The van der Waals surface area contributed by atoms with Gasteiger partial charge in [-0.15, -0.1) is 11.3 Å². The maximum atomic E-state index is 13.1. The molecule has 0 fully saturated rings. The maximum absolute atomic E-state index is 13.1. The van der Waals surface area contributed by atoms with Crippen LogP contribution in [0, 0.1) is 12.7 Å². The van der Waals surface area contributed by atoms with Crippen LogP contribution >= 0.6 is 22.9 Å². The fraction of sp³-hybridized carbons (Fsp3) is 0.136. The van der Waals surface area contributed by atoms with Gasteiger partial charge in [-0.05, 0) is 48.9 Å². The average Bonchev–Trinajstić information content (AvgIpc) is 3.38. The molecule has 3 N–H and O–H groups in total. The van der Waals surface area contributed by atoms with Gasteiger partial charge in [-0.3, -0.25) is 9.59 Å². The van der Waals surface area contributed by atoms with E-state index in [0.717, 1.165) is 18.2 Å². The highest BCUT2D eigenvalue weighted by Gasteiger charge is 2.34. The number of pyridine rings is 1. The van der Waals surface area contributed by atoms with Gasteiger partial charge in [0.1, 0.15) is 39.3 Å². The van der Waals surface area contributed by atoms with Crippen molar-refractivity contribution in [3.05, 3.63) is 74.9 Å². The molecule has 0 atom stereocenters. The van der Waals surface area contributed by atoms with Crippen LogP contribution in [-0.4, -0.2) is 16.8 Å². The quantitative estimate of drug-likeness (QED) is 0.302. The Labute approximate surface area is 203 Å². The third kappa shape index (κ3) is 5.08. The topological polar surface area (TPSA) is 107 Å². The van der Waals surface area contributed by atoms with Crippen molar-refractivity contribution < 1.29 is 36.3 Å². The summed E-state index contributed by atoms with van der Waals surface area (Å²) in [4.78, 5) is 28.0. The number of aryl methyl sites for hydroxylation is 1. The van der Waals surface area contributed by atoms with Gasteiger partial charge < -0.3 is 20.2 Å². The van der Waals surface area contributed by atoms with Gasteiger partial charge in [-0.2, -0.15) is 13.2 Å². The number of nitrogens with one attached hydrogen (secondary N) is 1. The summed E-state index contributed by atoms with van der Waals surface area (Å²) in [5.41, 5.74) is 4.34. The number of carbonyl (C=O) groups is 2. The van der Waals surface area contributed by atoms with Crippen LogP contribution in [-0.2, 0) is 12.8 Å². The molecule has 0 saturated carbocycles. The number of anilines is 1. The van der Waals surface area contributed by atoms with E-state index >= 15 is 0 Å². The van der Waals surface area contributed by atoms with Gasteiger partial charge in [-0.1, -0.05) is 11.6 Å². The molecule has 4 aromatic rings. The Morgan fingerprint density at radius 1 is 1.23 bits per heavy atom. The highest BCUT2D eigenvalue weighted by atomic mass is 35.5. The summed E-state index contributed by atoms with van der Waals surface area (Å²) >= 11 is 6.54. The third-order valence-electron chi connectivity index (χ3n) is 4.76. The Morgan fingerprint density at radius 3 is 2.63 bits per heavy atom. The van der Waals surface area contributed by atoms with Gasteiger partial charge >= 0.3 is 6.18 Å². The Hall–Kier alpha value is -3.64. The van der Waals surface area contributed by atoms with E-state index in [0.29, 0.717) is 11.3 Å². The van der Waals surface area contributed by atoms with Crippen LogP contribution < -0.4 is 15.8 Å². The number of hydrogen-bond acceptors (Lipinski definition) is 6. The number of primary amides is 1. The van der Waals surface area contributed by atoms with Gasteiger partial charge in [-0.25, -0.2) is 9.37 Å². The average molecular weight is 528 g/mol. The molecular weight excluding hydrogens is 514 g/mol. The van der Waals surface area contributed by atoms with Gasteiger partial charge in [0.25, 0.3) is 11.8 Å². The number of carbonyl (C=O) groups excluding carboxylic acids is 2. The zero-order chi connectivity index (χ0) is 25.5. The first-order chi connectivity index (χ1) is 16.4. The second-order valence-corrected chi connectivity index (χ2v) is 8.66. The minimum Gasteiger partial charge on any atom is -0.484 e. The number of rotatable bonds is 6. The number of halogens is 5. The van der Waals surface area contributed by atoms with E-state index in [4.69, 9.17) is 26.5 Å². The standard InChI is InChI=1S/C22H14ClF4N3O4S/c1-9-6-15(22(25,26)27)29-21-16(9)17(18(35-21)19(28)31)30-20(32)14-5-3-11(34-14)8-33-13-4-2-10(24)7-12(13)23/h2-7H,8H2,1H3,(H2,28,31)(H,30,32). The fourth-order valence-electron chi connectivity index (χ4n) is 3.21. The Bertz CT molecular complexity index is 1470. The molecule has 2 amide bonds. The summed E-state index contributed by atoms with van der Waals surface area (Å²) in [5, 5.41) is 2.69. The minimum absolute atomic E-state index is 0.0514. The van der Waals surface area contributed by atoms with E-state index < -0.39 is 29.5 Å². The summed E-state index contributed by atoms with van der Waals surface area (Å²) < 4.78 is 63.5. The summed E-state index contributed by atoms with van der Waals surface area (Å²) in [7, 11) is 0. The number of fused-ring (bicyclic) bond motifs is 1. The molecule has 7 nitrogen and oxygen atoms in total. The molecule has 0 aliphatic heterocycles. The second-order valence-electron chi connectivity index (χ2n) is 7.26. The van der Waals surface area contributed by atoms with Crippen molar-refractivity contribution in [1.29, 1.82) is 0 Å². The largest absolute Gasteiger partial charge is 0.484 e. The lowest BCUT2D eigenvalue weighted by Crippen LogP contribution is -2.16. The van der Waals surface area contributed by atoms with Crippen LogP contribution in [0.15, 0.2) is 40.8 Å². The first kappa shape index (κ1) is 24.5. The SMILES string of the molecule is Cc1cc(C(F)(F)F)nc2sc(C(N)=O)c(NC(=O)c3ccc(COc4ccc(F)cc4Cl)o3)c12. The molecule has 0 unspecified atom stereocenters. The van der Waals surface area contributed by atoms with Crippen molar-refractivity contribution in [2.75, 3.05) is 5.32 Å². The molecule has 0 spiro atoms. The zero-order valence-electron chi connectivity index (χ0n) is 17.6. The predicted molar refractivity (Wildman–Crippen MR) is 120 cm³/mol. The Kier molecular flexibility index (Phi) is 6.43. The highest BCUT2D eigenvalue weighted by molar-refractivity contribution is 7.21. The molecule has 3 heterocycles. The van der Waals surface area contributed by atoms with Crippen molar-refractivity contribution >= 4 is 50.7 Å². The molecule has 4 rings (SSSR count). The van der Waals surface area contributed by atoms with E-state index in [9.17, 15) is 27.2 Å². The van der Waals surface area contributed by atoms with E-state index in [1.807, 2.05) is 0 Å². The number of amides is 2. The Balaban J connectivity index is 1.58. The van der Waals surface area contributed by atoms with E-state index in [2.05, 4.69) is 10.3 Å². The highest BCUT2D eigenvalue weighted by Crippen LogP contribution is 2.40. The van der Waals surface area contributed by atoms with Crippen molar-refractivity contribution in [3.63, 3.8) is 0 Å². The number of ether oxygens (including phenoxy) is 1. The number of nitrogens with two attached hydrogens (primary N) is 1. The fourth-order valence-corrected chi connectivity index (χ4v) is 4.49. The molecule has 0 bridgehead atoms. The summed E-state index contributed by atoms with van der Waals surface area (Å²) in [6, 6.07) is 7.19. The van der Waals surface area contributed by atoms with Gasteiger partial charge in [0.15, 0.2) is 5.76 Å². The molecule has 0 saturated heterocycles. The summed E-state index contributed by atoms with van der Waals surface area (Å²) in [5.74, 6) is -1.99. The molecule has 35 heavy (non-hydrogen) atoms. The number of alkyl halides is 3. The van der Waals surface area contributed by atoms with Gasteiger partial charge in [0.2, 0.25) is 0 Å². The molecule has 0 radical (unpaired) electrons. The summed E-state index contributed by atoms with van der Waals surface area (Å²) in [6.07, 6.45) is -4.69.